The Labute approximate surface area is 176 Å². The van der Waals surface area contributed by atoms with E-state index in [0.717, 1.165) is 22.9 Å². The predicted molar refractivity (Wildman–Crippen MR) is 115 cm³/mol. The average molecular weight is 417 g/mol. The molecule has 0 fully saturated rings. The van der Waals surface area contributed by atoms with Crippen molar-refractivity contribution >= 4 is 27.8 Å². The van der Waals surface area contributed by atoms with Gasteiger partial charge in [0, 0.05) is 35.0 Å². The number of fused-ring (bicyclic) bond motifs is 1. The number of carbonyl (C=O) groups excluding carboxylic acids is 1. The summed E-state index contributed by atoms with van der Waals surface area (Å²) in [5.41, 5.74) is 1.88. The van der Waals surface area contributed by atoms with Crippen molar-refractivity contribution in [2.75, 3.05) is 7.11 Å². The molecule has 3 heterocycles. The van der Waals surface area contributed by atoms with Crippen LogP contribution in [-0.2, 0) is 22.5 Å². The van der Waals surface area contributed by atoms with Crippen LogP contribution in [0.15, 0.2) is 62.5 Å². The second kappa shape index (κ2) is 7.12. The van der Waals surface area contributed by atoms with Gasteiger partial charge in [-0.1, -0.05) is 18.2 Å². The molecule has 1 unspecified atom stereocenters. The zero-order valence-corrected chi connectivity index (χ0v) is 16.8. The maximum Gasteiger partial charge on any atom is 0.336 e. The Bertz CT molecular complexity index is 1480. The number of pyridine rings is 1. The van der Waals surface area contributed by atoms with E-state index in [0.29, 0.717) is 17.5 Å². The van der Waals surface area contributed by atoms with Crippen LogP contribution in [0.3, 0.4) is 0 Å². The molecule has 7 heteroatoms. The number of phenols is 1. The first-order chi connectivity index (χ1) is 15.0. The van der Waals surface area contributed by atoms with E-state index >= 15 is 0 Å². The Morgan fingerprint density at radius 1 is 1.16 bits per heavy atom. The third kappa shape index (κ3) is 3.01. The van der Waals surface area contributed by atoms with E-state index in [1.54, 1.807) is 22.8 Å². The molecule has 1 aliphatic rings. The molecule has 4 aromatic rings. The Morgan fingerprint density at radius 3 is 2.77 bits per heavy atom. The van der Waals surface area contributed by atoms with Gasteiger partial charge in [0.05, 0.1) is 19.0 Å². The second-order valence-electron chi connectivity index (χ2n) is 7.67. The molecule has 2 aromatic carbocycles. The number of hydrogen-bond donors (Lipinski definition) is 1. The third-order valence-electron chi connectivity index (χ3n) is 5.96. The predicted octanol–water partition coefficient (Wildman–Crippen LogP) is 3.06. The highest BCUT2D eigenvalue weighted by Crippen LogP contribution is 2.39. The van der Waals surface area contributed by atoms with E-state index in [4.69, 9.17) is 9.15 Å². The Balaban J connectivity index is 1.84. The van der Waals surface area contributed by atoms with Crippen LogP contribution < -0.4 is 11.2 Å². The third-order valence-corrected chi connectivity index (χ3v) is 5.96. The van der Waals surface area contributed by atoms with Gasteiger partial charge in [-0.05, 0) is 41.6 Å². The molecule has 0 saturated heterocycles. The summed E-state index contributed by atoms with van der Waals surface area (Å²) >= 11 is 0. The first-order valence-electron chi connectivity index (χ1n) is 9.96. The number of aromatic hydroxyl groups is 1. The number of para-hydroxylation sites is 1. The molecule has 2 aromatic heterocycles. The molecule has 31 heavy (non-hydrogen) atoms. The molecule has 0 bridgehead atoms. The molecule has 1 N–H and O–H groups in total. The molecule has 0 aliphatic carbocycles. The monoisotopic (exact) mass is 417 g/mol. The zero-order valence-electron chi connectivity index (χ0n) is 16.8. The number of rotatable bonds is 4. The summed E-state index contributed by atoms with van der Waals surface area (Å²) in [6.45, 7) is 0.546. The lowest BCUT2D eigenvalue weighted by atomic mass is 9.86. The topological polar surface area (TPSA) is 98.7 Å². The first-order valence-corrected chi connectivity index (χ1v) is 9.96. The smallest absolute Gasteiger partial charge is 0.336 e. The number of aryl methyl sites for hydroxylation is 2. The van der Waals surface area contributed by atoms with Crippen LogP contribution in [-0.4, -0.2) is 22.8 Å². The van der Waals surface area contributed by atoms with Gasteiger partial charge < -0.3 is 18.8 Å². The molecule has 0 spiro atoms. The quantitative estimate of drug-likeness (QED) is 0.405. The maximum absolute atomic E-state index is 13.5. The summed E-state index contributed by atoms with van der Waals surface area (Å²) in [4.78, 5) is 37.7. The maximum atomic E-state index is 13.5. The number of hydrogen-bond acceptors (Lipinski definition) is 6. The number of methoxy groups -OCH3 is 1. The van der Waals surface area contributed by atoms with Crippen LogP contribution in [0.2, 0.25) is 0 Å². The van der Waals surface area contributed by atoms with E-state index < -0.39 is 17.5 Å². The van der Waals surface area contributed by atoms with Crippen LogP contribution in [0.1, 0.15) is 29.0 Å². The number of nitrogens with zero attached hydrogens (tertiary/aromatic N) is 1. The van der Waals surface area contributed by atoms with Gasteiger partial charge in [-0.25, -0.2) is 4.79 Å². The van der Waals surface area contributed by atoms with Crippen LogP contribution in [0, 0.1) is 0 Å². The molecule has 1 atom stereocenters. The van der Waals surface area contributed by atoms with Crippen molar-refractivity contribution in [3.63, 3.8) is 0 Å². The van der Waals surface area contributed by atoms with Crippen LogP contribution in [0.5, 0.6) is 5.75 Å². The van der Waals surface area contributed by atoms with Crippen molar-refractivity contribution in [2.24, 2.45) is 0 Å². The highest BCUT2D eigenvalue weighted by atomic mass is 16.5. The van der Waals surface area contributed by atoms with Gasteiger partial charge in [-0.2, -0.15) is 0 Å². The molecule has 5 rings (SSSR count). The van der Waals surface area contributed by atoms with Gasteiger partial charge >= 0.3 is 11.6 Å². The van der Waals surface area contributed by atoms with Gasteiger partial charge in [0.1, 0.15) is 11.3 Å². The minimum absolute atomic E-state index is 0.149. The number of aromatic nitrogens is 1. The molecule has 0 amide bonds. The zero-order chi connectivity index (χ0) is 21.7. The van der Waals surface area contributed by atoms with E-state index in [9.17, 15) is 19.5 Å². The van der Waals surface area contributed by atoms with E-state index in [-0.39, 0.29) is 28.9 Å². The fourth-order valence-electron chi connectivity index (χ4n) is 4.54. The lowest BCUT2D eigenvalue weighted by molar-refractivity contribution is -0.140. The average Bonchev–Trinajstić information content (AvgIpc) is 3.20. The number of benzene rings is 2. The molecule has 7 nitrogen and oxygen atoms in total. The Hall–Kier alpha value is -3.87. The van der Waals surface area contributed by atoms with Crippen molar-refractivity contribution in [2.45, 2.75) is 25.3 Å². The highest BCUT2D eigenvalue weighted by molar-refractivity contribution is 5.87. The minimum Gasteiger partial charge on any atom is -0.508 e. The fourth-order valence-corrected chi connectivity index (χ4v) is 4.54. The van der Waals surface area contributed by atoms with Gasteiger partial charge in [-0.3, -0.25) is 9.59 Å². The highest BCUT2D eigenvalue weighted by Gasteiger charge is 2.30. The molecule has 0 saturated carbocycles. The van der Waals surface area contributed by atoms with Gasteiger partial charge in [0.25, 0.3) is 5.56 Å². The summed E-state index contributed by atoms with van der Waals surface area (Å²) in [5, 5.41) is 12.2. The van der Waals surface area contributed by atoms with E-state index in [1.165, 1.54) is 19.2 Å². The number of phenolic OH excluding ortho intramolecular Hbond substituents is 1. The lowest BCUT2D eigenvalue weighted by Gasteiger charge is -2.20. The summed E-state index contributed by atoms with van der Waals surface area (Å²) in [6, 6.07) is 13.6. The SMILES string of the molecule is COC(=O)CC(c1cc2cccc3c2n(c1=O)CC3)c1c(O)ccc2ccc(=O)oc12. The van der Waals surface area contributed by atoms with Crippen LogP contribution >= 0.6 is 0 Å². The van der Waals surface area contributed by atoms with Crippen LogP contribution in [0.25, 0.3) is 21.9 Å². The van der Waals surface area contributed by atoms with Crippen molar-refractivity contribution in [1.82, 2.24) is 4.57 Å². The van der Waals surface area contributed by atoms with Crippen molar-refractivity contribution < 1.29 is 19.1 Å². The normalized spacial score (nSPS) is 13.6. The summed E-state index contributed by atoms with van der Waals surface area (Å²) in [5.74, 6) is -1.56. The molecular formula is C24H19NO6. The molecule has 0 radical (unpaired) electrons. The Kier molecular flexibility index (Phi) is 4.39. The number of esters is 1. The molecule has 1 aliphatic heterocycles. The molecular weight excluding hydrogens is 398 g/mol. The van der Waals surface area contributed by atoms with Crippen molar-refractivity contribution in [3.05, 3.63) is 86.0 Å². The van der Waals surface area contributed by atoms with E-state index in [2.05, 4.69) is 0 Å². The second-order valence-corrected chi connectivity index (χ2v) is 7.67. The molecule has 156 valence electrons. The Morgan fingerprint density at radius 2 is 1.97 bits per heavy atom. The van der Waals surface area contributed by atoms with Gasteiger partial charge in [0.15, 0.2) is 0 Å². The van der Waals surface area contributed by atoms with Gasteiger partial charge in [0.2, 0.25) is 0 Å². The van der Waals surface area contributed by atoms with Crippen molar-refractivity contribution in [3.8, 4) is 5.75 Å². The summed E-state index contributed by atoms with van der Waals surface area (Å²) < 4.78 is 12.0. The minimum atomic E-state index is -0.855. The van der Waals surface area contributed by atoms with Crippen LogP contribution in [0.4, 0.5) is 0 Å². The number of ether oxygens (including phenoxy) is 1. The standard InChI is InChI=1S/C24H19NO6/c1-30-20(28)12-16(21-18(26)7-5-14-6-8-19(27)31-23(14)21)17-11-15-4-2-3-13-9-10-25(22(13)15)24(17)29/h2-8,11,16,26H,9-10,12H2,1H3. The largest absolute Gasteiger partial charge is 0.508 e. The summed E-state index contributed by atoms with van der Waals surface area (Å²) in [6.07, 6.45) is 0.564. The fraction of sp³-hybridized carbons (Fsp3) is 0.208. The summed E-state index contributed by atoms with van der Waals surface area (Å²) in [7, 11) is 1.27. The lowest BCUT2D eigenvalue weighted by Crippen LogP contribution is -2.26. The van der Waals surface area contributed by atoms with Crippen molar-refractivity contribution in [1.29, 1.82) is 0 Å². The number of carbonyl (C=O) groups is 1. The van der Waals surface area contributed by atoms with Gasteiger partial charge in [-0.15, -0.1) is 0 Å². The first kappa shape index (κ1) is 19.1. The van der Waals surface area contributed by atoms with E-state index in [1.807, 2.05) is 18.2 Å².